The molecule has 2 aromatic carbocycles. The highest BCUT2D eigenvalue weighted by Crippen LogP contribution is 2.29. The first-order valence-corrected chi connectivity index (χ1v) is 12.7. The third-order valence-corrected chi connectivity index (χ3v) is 7.04. The van der Waals surface area contributed by atoms with Crippen molar-refractivity contribution in [1.29, 1.82) is 0 Å². The van der Waals surface area contributed by atoms with Crippen LogP contribution in [0.3, 0.4) is 0 Å². The minimum Gasteiger partial charge on any atom is -0.495 e. The second-order valence-corrected chi connectivity index (χ2v) is 9.37. The summed E-state index contributed by atoms with van der Waals surface area (Å²) in [6.45, 7) is 5.11. The Morgan fingerprint density at radius 1 is 1.14 bits per heavy atom. The van der Waals surface area contributed by atoms with E-state index in [0.717, 1.165) is 5.56 Å². The highest BCUT2D eigenvalue weighted by molar-refractivity contribution is 7.99. The monoisotopic (exact) mass is 495 g/mol. The molecule has 3 aromatic rings. The number of ether oxygens (including phenoxy) is 2. The summed E-state index contributed by atoms with van der Waals surface area (Å²) in [7, 11) is 1.56. The van der Waals surface area contributed by atoms with Gasteiger partial charge >= 0.3 is 5.97 Å². The molecule has 0 unspecified atom stereocenters. The molecule has 0 spiro atoms. The number of aryl methyl sites for hydroxylation is 1. The van der Waals surface area contributed by atoms with Gasteiger partial charge in [0.15, 0.2) is 5.16 Å². The van der Waals surface area contributed by atoms with Crippen LogP contribution in [0.5, 0.6) is 5.75 Å². The number of likely N-dealkylation sites (tertiary alicyclic amines) is 1. The van der Waals surface area contributed by atoms with Crippen molar-refractivity contribution in [3.8, 4) is 11.4 Å². The number of amides is 1. The van der Waals surface area contributed by atoms with E-state index in [9.17, 15) is 14.4 Å². The lowest BCUT2D eigenvalue weighted by Gasteiger charge is -2.30. The number of hydrogen-bond acceptors (Lipinski definition) is 7. The highest BCUT2D eigenvalue weighted by atomic mass is 32.2. The molecule has 0 N–H and O–H groups in total. The Kier molecular flexibility index (Phi) is 7.75. The third kappa shape index (κ3) is 5.35. The first-order chi connectivity index (χ1) is 16.9. The van der Waals surface area contributed by atoms with Crippen molar-refractivity contribution in [2.24, 2.45) is 5.92 Å². The molecule has 1 saturated heterocycles. The molecule has 0 atom stereocenters. The maximum atomic E-state index is 13.5. The molecular formula is C26H29N3O5S. The van der Waals surface area contributed by atoms with Gasteiger partial charge in [0.2, 0.25) is 5.91 Å². The van der Waals surface area contributed by atoms with Crippen molar-refractivity contribution >= 4 is 34.5 Å². The minimum absolute atomic E-state index is 0.0533. The summed E-state index contributed by atoms with van der Waals surface area (Å²) >= 11 is 1.23. The van der Waals surface area contributed by atoms with E-state index in [-0.39, 0.29) is 29.1 Å². The zero-order chi connectivity index (χ0) is 24.9. The first-order valence-electron chi connectivity index (χ1n) is 11.7. The van der Waals surface area contributed by atoms with Gasteiger partial charge in [-0.25, -0.2) is 4.98 Å². The average Bonchev–Trinajstić information content (AvgIpc) is 2.87. The standard InChI is InChI=1S/C26H29N3O5S/c1-4-34-25(32)18-11-13-28(14-12-18)23(30)16-35-26-27-20-8-6-5-7-19(20)24(31)29(26)21-15-17(2)9-10-22(21)33-3/h5-10,15,18H,4,11-14,16H2,1-3H3. The van der Waals surface area contributed by atoms with Crippen LogP contribution in [0.25, 0.3) is 16.6 Å². The van der Waals surface area contributed by atoms with Crippen molar-refractivity contribution in [3.05, 3.63) is 58.4 Å². The van der Waals surface area contributed by atoms with E-state index in [2.05, 4.69) is 0 Å². The lowest BCUT2D eigenvalue weighted by Crippen LogP contribution is -2.41. The number of thioether (sulfide) groups is 1. The largest absolute Gasteiger partial charge is 0.495 e. The summed E-state index contributed by atoms with van der Waals surface area (Å²) in [5, 5.41) is 0.917. The Morgan fingerprint density at radius 3 is 2.60 bits per heavy atom. The summed E-state index contributed by atoms with van der Waals surface area (Å²) in [4.78, 5) is 45.0. The Bertz CT molecular complexity index is 1300. The normalized spacial score (nSPS) is 14.2. The second kappa shape index (κ2) is 10.9. The molecule has 8 nitrogen and oxygen atoms in total. The Labute approximate surface area is 208 Å². The number of benzene rings is 2. The van der Waals surface area contributed by atoms with E-state index < -0.39 is 0 Å². The van der Waals surface area contributed by atoms with Crippen molar-refractivity contribution in [3.63, 3.8) is 0 Å². The fourth-order valence-electron chi connectivity index (χ4n) is 4.24. The predicted molar refractivity (Wildman–Crippen MR) is 135 cm³/mol. The van der Waals surface area contributed by atoms with Gasteiger partial charge < -0.3 is 14.4 Å². The molecule has 0 aliphatic carbocycles. The lowest BCUT2D eigenvalue weighted by molar-refractivity contribution is -0.151. The fraction of sp³-hybridized carbons (Fsp3) is 0.385. The smallest absolute Gasteiger partial charge is 0.309 e. The summed E-state index contributed by atoms with van der Waals surface area (Å²) in [6, 6.07) is 12.8. The quantitative estimate of drug-likeness (QED) is 0.281. The van der Waals surface area contributed by atoms with Gasteiger partial charge in [0.1, 0.15) is 5.75 Å². The number of nitrogens with zero attached hydrogens (tertiary/aromatic N) is 3. The van der Waals surface area contributed by atoms with Crippen molar-refractivity contribution in [1.82, 2.24) is 14.5 Å². The van der Waals surface area contributed by atoms with Crippen LogP contribution in [-0.4, -0.2) is 58.9 Å². The molecule has 0 radical (unpaired) electrons. The van der Waals surface area contributed by atoms with Gasteiger partial charge in [-0.3, -0.25) is 19.0 Å². The molecule has 1 aromatic heterocycles. The number of methoxy groups -OCH3 is 1. The van der Waals surface area contributed by atoms with E-state index >= 15 is 0 Å². The van der Waals surface area contributed by atoms with Gasteiger partial charge in [0.05, 0.1) is 42.0 Å². The van der Waals surface area contributed by atoms with E-state index in [4.69, 9.17) is 14.5 Å². The number of esters is 1. The molecule has 1 aliphatic rings. The van der Waals surface area contributed by atoms with E-state index in [1.54, 1.807) is 37.1 Å². The second-order valence-electron chi connectivity index (χ2n) is 8.42. The maximum Gasteiger partial charge on any atom is 0.309 e. The Morgan fingerprint density at radius 2 is 1.89 bits per heavy atom. The van der Waals surface area contributed by atoms with Crippen molar-refractivity contribution < 1.29 is 19.1 Å². The molecule has 2 heterocycles. The number of fused-ring (bicyclic) bond motifs is 1. The molecule has 1 amide bonds. The van der Waals surface area contributed by atoms with Gasteiger partial charge in [0.25, 0.3) is 5.56 Å². The van der Waals surface area contributed by atoms with Gasteiger partial charge in [-0.2, -0.15) is 0 Å². The molecule has 9 heteroatoms. The van der Waals surface area contributed by atoms with Gasteiger partial charge in [0, 0.05) is 13.1 Å². The summed E-state index contributed by atoms with van der Waals surface area (Å²) < 4.78 is 12.2. The molecular weight excluding hydrogens is 466 g/mol. The zero-order valence-corrected chi connectivity index (χ0v) is 21.0. The van der Waals surface area contributed by atoms with Crippen molar-refractivity contribution in [2.75, 3.05) is 32.6 Å². The van der Waals surface area contributed by atoms with Crippen molar-refractivity contribution in [2.45, 2.75) is 31.8 Å². The Balaban J connectivity index is 1.60. The Hall–Kier alpha value is -3.33. The van der Waals surface area contributed by atoms with Crippen LogP contribution in [0.2, 0.25) is 0 Å². The average molecular weight is 496 g/mol. The summed E-state index contributed by atoms with van der Waals surface area (Å²) in [5.41, 5.74) is 1.91. The molecule has 0 saturated carbocycles. The zero-order valence-electron chi connectivity index (χ0n) is 20.2. The maximum absolute atomic E-state index is 13.5. The molecule has 1 fully saturated rings. The lowest BCUT2D eigenvalue weighted by atomic mass is 9.97. The van der Waals surface area contributed by atoms with Gasteiger partial charge in [-0.05, 0) is 56.5 Å². The molecule has 184 valence electrons. The van der Waals surface area contributed by atoms with Crippen LogP contribution in [0.1, 0.15) is 25.3 Å². The SMILES string of the molecule is CCOC(=O)C1CCN(C(=O)CSc2nc3ccccc3c(=O)n2-c2cc(C)ccc2OC)CC1. The molecule has 0 bridgehead atoms. The minimum atomic E-state index is -0.218. The van der Waals surface area contributed by atoms with E-state index in [0.29, 0.717) is 60.0 Å². The van der Waals surface area contributed by atoms with Crippen LogP contribution in [-0.2, 0) is 14.3 Å². The van der Waals surface area contributed by atoms with Crippen LogP contribution in [0, 0.1) is 12.8 Å². The summed E-state index contributed by atoms with van der Waals surface area (Å²) in [5.74, 6) is 0.271. The number of carbonyl (C=O) groups is 2. The molecule has 4 rings (SSSR count). The molecule has 1 aliphatic heterocycles. The number of carbonyl (C=O) groups excluding carboxylic acids is 2. The topological polar surface area (TPSA) is 90.7 Å². The van der Waals surface area contributed by atoms with Crippen LogP contribution >= 0.6 is 11.8 Å². The highest BCUT2D eigenvalue weighted by Gasteiger charge is 2.28. The summed E-state index contributed by atoms with van der Waals surface area (Å²) in [6.07, 6.45) is 1.18. The number of rotatable bonds is 7. The number of piperidine rings is 1. The third-order valence-electron chi connectivity index (χ3n) is 6.11. The number of hydrogen-bond donors (Lipinski definition) is 0. The van der Waals surface area contributed by atoms with Gasteiger partial charge in [-0.15, -0.1) is 0 Å². The number of aromatic nitrogens is 2. The van der Waals surface area contributed by atoms with Crippen LogP contribution in [0.15, 0.2) is 52.4 Å². The first kappa shape index (κ1) is 24.8. The fourth-order valence-corrected chi connectivity index (χ4v) is 5.15. The van der Waals surface area contributed by atoms with E-state index in [1.165, 1.54) is 16.3 Å². The number of para-hydroxylation sites is 1. The predicted octanol–water partition coefficient (Wildman–Crippen LogP) is 3.60. The van der Waals surface area contributed by atoms with E-state index in [1.807, 2.05) is 31.2 Å². The van der Waals surface area contributed by atoms with Crippen LogP contribution in [0.4, 0.5) is 0 Å². The van der Waals surface area contributed by atoms with Crippen LogP contribution < -0.4 is 10.3 Å². The van der Waals surface area contributed by atoms with Gasteiger partial charge in [-0.1, -0.05) is 30.0 Å². The molecule has 35 heavy (non-hydrogen) atoms.